The van der Waals surface area contributed by atoms with Crippen molar-refractivity contribution in [2.45, 2.75) is 4.90 Å². The van der Waals surface area contributed by atoms with Gasteiger partial charge in [-0.2, -0.15) is 0 Å². The molecule has 28 heavy (non-hydrogen) atoms. The van der Waals surface area contributed by atoms with Gasteiger partial charge in [-0.25, -0.2) is 8.42 Å². The smallest absolute Gasteiger partial charge is 0.251 e. The van der Waals surface area contributed by atoms with Gasteiger partial charge in [-0.15, -0.1) is 0 Å². The van der Waals surface area contributed by atoms with E-state index in [1.807, 2.05) is 0 Å². The summed E-state index contributed by atoms with van der Waals surface area (Å²) in [6.45, 7) is 0. The van der Waals surface area contributed by atoms with Crippen LogP contribution in [0.25, 0.3) is 16.2 Å². The maximum Gasteiger partial charge on any atom is 0.251 e. The van der Waals surface area contributed by atoms with E-state index >= 15 is 0 Å². The number of ketones is 1. The highest BCUT2D eigenvalue weighted by atomic mass is 35.5. The highest BCUT2D eigenvalue weighted by Gasteiger charge is 2.22. The largest absolute Gasteiger partial charge is 0.497 e. The van der Waals surface area contributed by atoms with Crippen LogP contribution in [0.1, 0.15) is 5.56 Å². The number of methoxy groups -OCH3 is 1. The number of hydrogen-bond acceptors (Lipinski definition) is 6. The number of ether oxygens (including phenoxy) is 1. The van der Waals surface area contributed by atoms with Crippen molar-refractivity contribution in [3.8, 4) is 5.75 Å². The fraction of sp³-hybridized carbons (Fsp3) is 0.100. The van der Waals surface area contributed by atoms with Crippen LogP contribution in [0.4, 0.5) is 0 Å². The minimum Gasteiger partial charge on any atom is -0.497 e. The fourth-order valence-electron chi connectivity index (χ4n) is 2.50. The topological polar surface area (TPSA) is 77.5 Å². The Morgan fingerprint density at radius 3 is 2.54 bits per heavy atom. The van der Waals surface area contributed by atoms with Crippen molar-refractivity contribution in [2.24, 2.45) is 0 Å². The zero-order chi connectivity index (χ0) is 20.3. The molecule has 5 nitrogen and oxygen atoms in total. The maximum atomic E-state index is 12.6. The van der Waals surface area contributed by atoms with Gasteiger partial charge in [0.2, 0.25) is 0 Å². The second-order valence-electron chi connectivity index (χ2n) is 5.91. The molecule has 3 aromatic rings. The molecule has 2 aromatic carbocycles. The maximum absolute atomic E-state index is 12.6. The van der Waals surface area contributed by atoms with Crippen molar-refractivity contribution < 1.29 is 17.9 Å². The van der Waals surface area contributed by atoms with Gasteiger partial charge in [0.1, 0.15) is 16.4 Å². The van der Waals surface area contributed by atoms with E-state index in [9.17, 15) is 18.0 Å². The van der Waals surface area contributed by atoms with E-state index in [1.54, 1.807) is 49.6 Å². The first kappa shape index (κ1) is 20.3. The lowest BCUT2D eigenvalue weighted by atomic mass is 10.2. The molecule has 0 spiro atoms. The summed E-state index contributed by atoms with van der Waals surface area (Å²) in [6, 6.07) is 13.1. The molecule has 0 aliphatic heterocycles. The molecule has 0 N–H and O–H groups in total. The lowest BCUT2D eigenvalue weighted by molar-refractivity contribution is -0.112. The van der Waals surface area contributed by atoms with Crippen LogP contribution >= 0.6 is 22.9 Å². The van der Waals surface area contributed by atoms with E-state index in [0.717, 1.165) is 16.9 Å². The molecule has 144 valence electrons. The van der Waals surface area contributed by atoms with Crippen LogP contribution in [0.15, 0.2) is 64.3 Å². The van der Waals surface area contributed by atoms with Gasteiger partial charge in [0.15, 0.2) is 15.6 Å². The molecular formula is C20H15ClO5S2. The number of carbonyl (C=O) groups excluding carboxylic acids is 1. The molecule has 0 amide bonds. The van der Waals surface area contributed by atoms with E-state index < -0.39 is 26.1 Å². The summed E-state index contributed by atoms with van der Waals surface area (Å²) in [6.07, 6.45) is 2.70. The molecule has 0 bridgehead atoms. The van der Waals surface area contributed by atoms with Crippen LogP contribution in [0.5, 0.6) is 5.75 Å². The van der Waals surface area contributed by atoms with Gasteiger partial charge in [-0.05, 0) is 47.4 Å². The quantitative estimate of drug-likeness (QED) is 0.548. The highest BCUT2D eigenvalue weighted by molar-refractivity contribution is 7.92. The Balaban J connectivity index is 1.82. The molecule has 0 unspecified atom stereocenters. The Bertz CT molecular complexity index is 1230. The number of halogens is 1. The Hall–Kier alpha value is -2.48. The molecule has 0 saturated carbocycles. The predicted octanol–water partition coefficient (Wildman–Crippen LogP) is 3.98. The van der Waals surface area contributed by atoms with Crippen molar-refractivity contribution in [2.75, 3.05) is 12.9 Å². The Morgan fingerprint density at radius 2 is 1.86 bits per heavy atom. The SMILES string of the molecule is COc1ccc(/C=C\C(=O)CS(=O)(=O)c2cc3ccc(Cl)cc3sc2=O)cc1. The summed E-state index contributed by atoms with van der Waals surface area (Å²) >= 11 is 6.69. The molecule has 0 aliphatic rings. The number of allylic oxidation sites excluding steroid dienone is 1. The summed E-state index contributed by atoms with van der Waals surface area (Å²) in [5.41, 5.74) is 0.723. The van der Waals surface area contributed by atoms with Crippen molar-refractivity contribution in [1.29, 1.82) is 0 Å². The van der Waals surface area contributed by atoms with E-state index in [4.69, 9.17) is 16.3 Å². The number of sulfone groups is 1. The molecule has 1 heterocycles. The Labute approximate surface area is 170 Å². The molecule has 0 saturated heterocycles. The monoisotopic (exact) mass is 434 g/mol. The van der Waals surface area contributed by atoms with Gasteiger partial charge in [0.05, 0.1) is 7.11 Å². The molecular weight excluding hydrogens is 420 g/mol. The number of fused-ring (bicyclic) bond motifs is 1. The second kappa shape index (κ2) is 8.26. The lowest BCUT2D eigenvalue weighted by Gasteiger charge is -2.04. The summed E-state index contributed by atoms with van der Waals surface area (Å²) in [5, 5.41) is 1.03. The number of carbonyl (C=O) groups is 1. The number of rotatable bonds is 6. The van der Waals surface area contributed by atoms with Gasteiger partial charge in [-0.1, -0.05) is 47.2 Å². The Kier molecular flexibility index (Phi) is 5.98. The normalized spacial score (nSPS) is 11.8. The number of hydrogen-bond donors (Lipinski definition) is 0. The molecule has 8 heteroatoms. The summed E-state index contributed by atoms with van der Waals surface area (Å²) < 4.78 is 30.2. The molecule has 0 radical (unpaired) electrons. The average Bonchev–Trinajstić information content (AvgIpc) is 2.65. The van der Waals surface area contributed by atoms with Crippen molar-refractivity contribution in [3.63, 3.8) is 0 Å². The van der Waals surface area contributed by atoms with Gasteiger partial charge in [0.25, 0.3) is 4.74 Å². The van der Waals surface area contributed by atoms with Crippen molar-refractivity contribution in [1.82, 2.24) is 0 Å². The van der Waals surface area contributed by atoms with Crippen LogP contribution in [0.2, 0.25) is 5.02 Å². The summed E-state index contributed by atoms with van der Waals surface area (Å²) in [4.78, 5) is 24.0. The van der Waals surface area contributed by atoms with E-state index in [2.05, 4.69) is 0 Å². The van der Waals surface area contributed by atoms with Crippen molar-refractivity contribution in [3.05, 3.63) is 74.7 Å². The fourth-order valence-corrected chi connectivity index (χ4v) is 5.22. The van der Waals surface area contributed by atoms with Gasteiger partial charge in [-0.3, -0.25) is 9.59 Å². The zero-order valence-corrected chi connectivity index (χ0v) is 17.1. The second-order valence-corrected chi connectivity index (χ2v) is 9.32. The van der Waals surface area contributed by atoms with Gasteiger partial charge in [0, 0.05) is 9.72 Å². The molecule has 0 fully saturated rings. The average molecular weight is 435 g/mol. The number of benzene rings is 2. The first-order valence-corrected chi connectivity index (χ1v) is 10.9. The predicted molar refractivity (Wildman–Crippen MR) is 112 cm³/mol. The van der Waals surface area contributed by atoms with E-state index in [0.29, 0.717) is 20.9 Å². The first-order chi connectivity index (χ1) is 13.3. The van der Waals surface area contributed by atoms with Crippen molar-refractivity contribution >= 4 is 54.7 Å². The minimum atomic E-state index is -4.06. The minimum absolute atomic E-state index is 0.376. The molecule has 0 aliphatic carbocycles. The third kappa shape index (κ3) is 4.67. The van der Waals surface area contributed by atoms with Crippen LogP contribution in [0, 0.1) is 0 Å². The van der Waals surface area contributed by atoms with Crippen LogP contribution in [0.3, 0.4) is 0 Å². The van der Waals surface area contributed by atoms with E-state index in [1.165, 1.54) is 18.2 Å². The van der Waals surface area contributed by atoms with Crippen LogP contribution in [-0.4, -0.2) is 27.1 Å². The third-order valence-electron chi connectivity index (χ3n) is 3.91. The third-order valence-corrected chi connectivity index (χ3v) is 6.89. The highest BCUT2D eigenvalue weighted by Crippen LogP contribution is 2.23. The standard InChI is InChI=1S/C20H15ClO5S2/c1-26-17-8-3-13(4-9-17)2-7-16(22)12-28(24,25)19-10-14-5-6-15(21)11-18(14)27-20(19)23/h2-11H,12H2,1H3/b7-2-. The zero-order valence-electron chi connectivity index (χ0n) is 14.7. The van der Waals surface area contributed by atoms with Gasteiger partial charge >= 0.3 is 0 Å². The van der Waals surface area contributed by atoms with Crippen LogP contribution in [-0.2, 0) is 14.6 Å². The lowest BCUT2D eigenvalue weighted by Crippen LogP contribution is -2.19. The summed E-state index contributed by atoms with van der Waals surface area (Å²) in [5.74, 6) is -0.718. The van der Waals surface area contributed by atoms with Gasteiger partial charge < -0.3 is 4.74 Å². The molecule has 0 atom stereocenters. The summed E-state index contributed by atoms with van der Waals surface area (Å²) in [7, 11) is -2.52. The van der Waals surface area contributed by atoms with Crippen LogP contribution < -0.4 is 9.48 Å². The first-order valence-electron chi connectivity index (χ1n) is 8.09. The molecule has 1 aromatic heterocycles. The Morgan fingerprint density at radius 1 is 1.14 bits per heavy atom. The molecule has 3 rings (SSSR count). The van der Waals surface area contributed by atoms with E-state index in [-0.39, 0.29) is 4.90 Å².